The minimum atomic E-state index is -3.70. The fraction of sp³-hybridized carbons (Fsp3) is 0.471. The van der Waals surface area contributed by atoms with Crippen LogP contribution in [0.15, 0.2) is 24.1 Å². The van der Waals surface area contributed by atoms with E-state index in [1.54, 1.807) is 12.1 Å². The Bertz CT molecular complexity index is 790. The van der Waals surface area contributed by atoms with Gasteiger partial charge in [-0.2, -0.15) is 0 Å². The van der Waals surface area contributed by atoms with E-state index < -0.39 is 10.0 Å². The molecule has 2 rings (SSSR count). The molecule has 0 radical (unpaired) electrons. The van der Waals surface area contributed by atoms with Crippen LogP contribution in [0, 0.1) is 5.41 Å². The second-order valence-electron chi connectivity index (χ2n) is 6.39. The van der Waals surface area contributed by atoms with Gasteiger partial charge in [-0.05, 0) is 32.0 Å². The molecule has 9 nitrogen and oxygen atoms in total. The standard InChI is InChI=1S/C17H28N6O3S/c1-4-27(24,25)21-13-11-14(20-17(18)19)16(26-3)12-15(13)22(2)9-10-23-7-5-6-8-23/h4,11-12,21H,1,5-10H2,2-3H3,(H4,18,19,20). The zero-order chi connectivity index (χ0) is 20.0. The van der Waals surface area contributed by atoms with Crippen LogP contribution < -0.4 is 25.4 Å². The van der Waals surface area contributed by atoms with Crippen LogP contribution >= 0.6 is 0 Å². The number of nitrogens with one attached hydrogen (secondary N) is 3. The summed E-state index contributed by atoms with van der Waals surface area (Å²) in [4.78, 5) is 4.35. The third-order valence-electron chi connectivity index (χ3n) is 4.42. The van der Waals surface area contributed by atoms with Gasteiger partial charge in [0.25, 0.3) is 10.0 Å². The third-order valence-corrected chi connectivity index (χ3v) is 5.36. The van der Waals surface area contributed by atoms with E-state index in [0.717, 1.165) is 31.6 Å². The van der Waals surface area contributed by atoms with Gasteiger partial charge in [-0.25, -0.2) is 8.42 Å². The van der Waals surface area contributed by atoms with Crippen LogP contribution in [0.1, 0.15) is 12.8 Å². The normalized spacial score (nSPS) is 14.6. The smallest absolute Gasteiger partial charge is 0.254 e. The van der Waals surface area contributed by atoms with E-state index in [1.165, 1.54) is 20.0 Å². The molecular formula is C17H28N6O3S. The average molecular weight is 397 g/mol. The van der Waals surface area contributed by atoms with Crippen molar-refractivity contribution in [3.8, 4) is 5.75 Å². The molecule has 0 atom stereocenters. The molecule has 0 saturated carbocycles. The number of guanidine groups is 1. The van der Waals surface area contributed by atoms with E-state index in [9.17, 15) is 8.42 Å². The third kappa shape index (κ3) is 5.76. The molecule has 0 aromatic heterocycles. The molecule has 1 fully saturated rings. The molecule has 150 valence electrons. The van der Waals surface area contributed by atoms with Crippen molar-refractivity contribution in [3.63, 3.8) is 0 Å². The summed E-state index contributed by atoms with van der Waals surface area (Å²) in [7, 11) is -0.301. The Morgan fingerprint density at radius 3 is 2.63 bits per heavy atom. The molecule has 1 aliphatic heterocycles. The van der Waals surface area contributed by atoms with Gasteiger partial charge in [-0.3, -0.25) is 10.1 Å². The molecule has 0 bridgehead atoms. The number of sulfonamides is 1. The lowest BCUT2D eigenvalue weighted by molar-refractivity contribution is 0.346. The number of likely N-dealkylation sites (N-methyl/N-ethyl adjacent to an activating group) is 1. The Morgan fingerprint density at radius 2 is 2.07 bits per heavy atom. The quantitative estimate of drug-likeness (QED) is 0.367. The van der Waals surface area contributed by atoms with E-state index in [4.69, 9.17) is 15.9 Å². The van der Waals surface area contributed by atoms with Crippen molar-refractivity contribution in [2.45, 2.75) is 12.8 Å². The van der Waals surface area contributed by atoms with Crippen LogP contribution in [0.25, 0.3) is 0 Å². The number of likely N-dealkylation sites (tertiary alicyclic amines) is 1. The van der Waals surface area contributed by atoms with Crippen LogP contribution in [-0.4, -0.2) is 59.6 Å². The van der Waals surface area contributed by atoms with Crippen molar-refractivity contribution in [2.75, 3.05) is 55.3 Å². The summed E-state index contributed by atoms with van der Waals surface area (Å²) >= 11 is 0. The van der Waals surface area contributed by atoms with Gasteiger partial charge in [0, 0.05) is 31.6 Å². The number of hydrogen-bond donors (Lipinski definition) is 4. The van der Waals surface area contributed by atoms with Gasteiger partial charge in [0.2, 0.25) is 0 Å². The number of nitrogens with zero attached hydrogens (tertiary/aromatic N) is 2. The second kappa shape index (κ2) is 8.96. The summed E-state index contributed by atoms with van der Waals surface area (Å²) in [6, 6.07) is 3.28. The van der Waals surface area contributed by atoms with E-state index in [0.29, 0.717) is 22.8 Å². The molecule has 5 N–H and O–H groups in total. The van der Waals surface area contributed by atoms with Gasteiger partial charge < -0.3 is 25.6 Å². The van der Waals surface area contributed by atoms with Gasteiger partial charge in [0.15, 0.2) is 5.96 Å². The number of ether oxygens (including phenoxy) is 1. The molecule has 0 spiro atoms. The van der Waals surface area contributed by atoms with Crippen LogP contribution in [0.2, 0.25) is 0 Å². The van der Waals surface area contributed by atoms with Crippen molar-refractivity contribution in [3.05, 3.63) is 24.1 Å². The maximum absolute atomic E-state index is 12.0. The lowest BCUT2D eigenvalue weighted by atomic mass is 10.2. The van der Waals surface area contributed by atoms with Crippen molar-refractivity contribution in [2.24, 2.45) is 5.73 Å². The first-order valence-electron chi connectivity index (χ1n) is 8.67. The summed E-state index contributed by atoms with van der Waals surface area (Å²) in [5, 5.41) is 10.9. The zero-order valence-corrected chi connectivity index (χ0v) is 16.6. The summed E-state index contributed by atoms with van der Waals surface area (Å²) in [6.07, 6.45) is 2.43. The number of methoxy groups -OCH3 is 1. The van der Waals surface area contributed by atoms with Gasteiger partial charge in [0.1, 0.15) is 5.75 Å². The summed E-state index contributed by atoms with van der Waals surface area (Å²) in [5.74, 6) is 0.177. The average Bonchev–Trinajstić information content (AvgIpc) is 3.12. The molecule has 1 aromatic rings. The molecular weight excluding hydrogens is 368 g/mol. The lowest BCUT2D eigenvalue weighted by Crippen LogP contribution is -2.32. The summed E-state index contributed by atoms with van der Waals surface area (Å²) in [6.45, 7) is 7.13. The minimum absolute atomic E-state index is 0.277. The van der Waals surface area contributed by atoms with Crippen molar-refractivity contribution < 1.29 is 13.2 Å². The van der Waals surface area contributed by atoms with Gasteiger partial charge in [0.05, 0.1) is 24.2 Å². The molecule has 1 saturated heterocycles. The largest absolute Gasteiger partial charge is 0.494 e. The maximum atomic E-state index is 12.0. The van der Waals surface area contributed by atoms with Crippen LogP contribution in [-0.2, 0) is 10.0 Å². The van der Waals surface area contributed by atoms with Crippen molar-refractivity contribution in [1.82, 2.24) is 4.90 Å². The SMILES string of the molecule is C=CS(=O)(=O)Nc1cc(NC(=N)N)c(OC)cc1N(C)CCN1CCCC1. The Balaban J connectivity index is 2.35. The number of benzene rings is 1. The number of anilines is 3. The van der Waals surface area contributed by atoms with Gasteiger partial charge in [-0.15, -0.1) is 0 Å². The predicted molar refractivity (Wildman–Crippen MR) is 110 cm³/mol. The highest BCUT2D eigenvalue weighted by Crippen LogP contribution is 2.37. The Hall–Kier alpha value is -2.46. The predicted octanol–water partition coefficient (Wildman–Crippen LogP) is 1.42. The highest BCUT2D eigenvalue weighted by atomic mass is 32.2. The van der Waals surface area contributed by atoms with E-state index in [-0.39, 0.29) is 5.96 Å². The van der Waals surface area contributed by atoms with E-state index >= 15 is 0 Å². The minimum Gasteiger partial charge on any atom is -0.494 e. The molecule has 27 heavy (non-hydrogen) atoms. The summed E-state index contributed by atoms with van der Waals surface area (Å²) < 4.78 is 31.9. The second-order valence-corrected chi connectivity index (χ2v) is 8.02. The molecule has 1 aliphatic rings. The van der Waals surface area contributed by atoms with Gasteiger partial charge >= 0.3 is 0 Å². The zero-order valence-electron chi connectivity index (χ0n) is 15.8. The summed E-state index contributed by atoms with van der Waals surface area (Å²) in [5.41, 5.74) is 6.81. The Kier molecular flexibility index (Phi) is 6.92. The lowest BCUT2D eigenvalue weighted by Gasteiger charge is -2.26. The molecule has 0 aliphatic carbocycles. The van der Waals surface area contributed by atoms with Crippen LogP contribution in [0.5, 0.6) is 5.75 Å². The molecule has 0 amide bonds. The first-order chi connectivity index (χ1) is 12.8. The van der Waals surface area contributed by atoms with Crippen LogP contribution in [0.3, 0.4) is 0 Å². The maximum Gasteiger partial charge on any atom is 0.254 e. The van der Waals surface area contributed by atoms with Crippen molar-refractivity contribution in [1.29, 1.82) is 5.41 Å². The first kappa shape index (κ1) is 20.8. The molecule has 10 heteroatoms. The molecule has 1 heterocycles. The Morgan fingerprint density at radius 1 is 1.41 bits per heavy atom. The number of rotatable bonds is 9. The number of hydrogen-bond acceptors (Lipinski definition) is 6. The number of nitrogens with two attached hydrogens (primary N) is 1. The van der Waals surface area contributed by atoms with Gasteiger partial charge in [-0.1, -0.05) is 6.58 Å². The topological polar surface area (TPSA) is 124 Å². The molecule has 1 aromatic carbocycles. The fourth-order valence-corrected chi connectivity index (χ4v) is 3.54. The highest BCUT2D eigenvalue weighted by molar-refractivity contribution is 7.95. The molecule has 0 unspecified atom stereocenters. The Labute approximate surface area is 160 Å². The monoisotopic (exact) mass is 396 g/mol. The van der Waals surface area contributed by atoms with Crippen LogP contribution in [0.4, 0.5) is 17.1 Å². The van der Waals surface area contributed by atoms with E-state index in [2.05, 4.69) is 21.5 Å². The van der Waals surface area contributed by atoms with E-state index in [1.807, 2.05) is 11.9 Å². The highest BCUT2D eigenvalue weighted by Gasteiger charge is 2.19. The first-order valence-corrected chi connectivity index (χ1v) is 10.2. The fourth-order valence-electron chi connectivity index (χ4n) is 2.99. The van der Waals surface area contributed by atoms with Crippen molar-refractivity contribution >= 4 is 33.0 Å².